The summed E-state index contributed by atoms with van der Waals surface area (Å²) in [4.78, 5) is 2.57. The molecular weight excluding hydrogens is 244 g/mol. The van der Waals surface area contributed by atoms with Crippen LogP contribution in [0.4, 0.5) is 0 Å². The molecule has 18 heavy (non-hydrogen) atoms. The summed E-state index contributed by atoms with van der Waals surface area (Å²) in [6.07, 6.45) is 0. The van der Waals surface area contributed by atoms with E-state index in [0.717, 1.165) is 19.6 Å². The second-order valence-corrected chi connectivity index (χ2v) is 5.53. The van der Waals surface area contributed by atoms with Crippen LogP contribution in [-0.4, -0.2) is 30.1 Å². The van der Waals surface area contributed by atoms with Gasteiger partial charge in [0, 0.05) is 31.7 Å². The van der Waals surface area contributed by atoms with Crippen molar-refractivity contribution < 1.29 is 0 Å². The number of halogens is 1. The number of benzene rings is 1. The lowest BCUT2D eigenvalue weighted by Gasteiger charge is -2.36. The van der Waals surface area contributed by atoms with Crippen LogP contribution in [0.15, 0.2) is 18.2 Å². The van der Waals surface area contributed by atoms with Crippen molar-refractivity contribution in [2.45, 2.75) is 46.3 Å². The predicted molar refractivity (Wildman–Crippen MR) is 80.5 cm³/mol. The van der Waals surface area contributed by atoms with E-state index in [2.05, 4.69) is 56.1 Å². The Morgan fingerprint density at radius 3 is 2.11 bits per heavy atom. The van der Waals surface area contributed by atoms with Gasteiger partial charge >= 0.3 is 0 Å². The van der Waals surface area contributed by atoms with Gasteiger partial charge in [-0.2, -0.15) is 0 Å². The van der Waals surface area contributed by atoms with Crippen LogP contribution >= 0.6 is 12.4 Å². The molecule has 1 N–H and O–H groups in total. The molecule has 0 aromatic heterocycles. The molecule has 3 heteroatoms. The third-order valence-electron chi connectivity index (χ3n) is 3.66. The van der Waals surface area contributed by atoms with Gasteiger partial charge in [0.2, 0.25) is 0 Å². The number of rotatable bonds is 2. The van der Waals surface area contributed by atoms with E-state index in [9.17, 15) is 0 Å². The molecule has 1 saturated heterocycles. The van der Waals surface area contributed by atoms with E-state index < -0.39 is 0 Å². The lowest BCUT2D eigenvalue weighted by molar-refractivity contribution is 0.166. The van der Waals surface area contributed by atoms with E-state index in [4.69, 9.17) is 0 Å². The van der Waals surface area contributed by atoms with E-state index in [1.807, 2.05) is 0 Å². The molecule has 0 aliphatic carbocycles. The van der Waals surface area contributed by atoms with Crippen LogP contribution in [-0.2, 0) is 6.54 Å². The highest BCUT2D eigenvalue weighted by atomic mass is 35.5. The average molecular weight is 269 g/mol. The first-order valence-corrected chi connectivity index (χ1v) is 6.59. The topological polar surface area (TPSA) is 15.3 Å². The molecule has 1 aliphatic heterocycles. The van der Waals surface area contributed by atoms with Gasteiger partial charge in [-0.25, -0.2) is 0 Å². The summed E-state index contributed by atoms with van der Waals surface area (Å²) in [5.74, 6) is 0. The van der Waals surface area contributed by atoms with Gasteiger partial charge in [0.25, 0.3) is 0 Å². The van der Waals surface area contributed by atoms with Gasteiger partial charge in [-0.1, -0.05) is 18.2 Å². The molecule has 0 bridgehead atoms. The summed E-state index contributed by atoms with van der Waals surface area (Å²) in [5, 5.41) is 3.58. The minimum absolute atomic E-state index is 0. The Morgan fingerprint density at radius 2 is 1.61 bits per heavy atom. The van der Waals surface area contributed by atoms with Crippen LogP contribution in [0.2, 0.25) is 0 Å². The molecule has 2 rings (SSSR count). The average Bonchev–Trinajstić information content (AvgIpc) is 2.22. The van der Waals surface area contributed by atoms with Crippen molar-refractivity contribution in [3.05, 3.63) is 34.9 Å². The smallest absolute Gasteiger partial charge is 0.0240 e. The quantitative estimate of drug-likeness (QED) is 0.887. The molecule has 2 nitrogen and oxygen atoms in total. The van der Waals surface area contributed by atoms with Gasteiger partial charge in [0.05, 0.1) is 0 Å². The molecule has 1 aliphatic rings. The zero-order valence-corrected chi connectivity index (χ0v) is 12.7. The second kappa shape index (κ2) is 6.55. The summed E-state index contributed by atoms with van der Waals surface area (Å²) in [6, 6.07) is 7.79. The Balaban J connectivity index is 0.00000162. The van der Waals surface area contributed by atoms with E-state index in [1.54, 1.807) is 0 Å². The first-order valence-electron chi connectivity index (χ1n) is 6.59. The van der Waals surface area contributed by atoms with E-state index >= 15 is 0 Å². The van der Waals surface area contributed by atoms with Crippen LogP contribution in [0.3, 0.4) is 0 Å². The minimum atomic E-state index is 0. The van der Waals surface area contributed by atoms with Crippen LogP contribution < -0.4 is 5.32 Å². The van der Waals surface area contributed by atoms with Gasteiger partial charge in [-0.3, -0.25) is 4.90 Å². The number of hydrogen-bond donors (Lipinski definition) is 1. The Morgan fingerprint density at radius 1 is 1.11 bits per heavy atom. The van der Waals surface area contributed by atoms with Gasteiger partial charge in [0.15, 0.2) is 0 Å². The van der Waals surface area contributed by atoms with E-state index in [1.165, 1.54) is 16.7 Å². The molecule has 2 unspecified atom stereocenters. The van der Waals surface area contributed by atoms with Gasteiger partial charge in [-0.15, -0.1) is 12.4 Å². The van der Waals surface area contributed by atoms with E-state index in [-0.39, 0.29) is 12.4 Å². The van der Waals surface area contributed by atoms with Gasteiger partial charge in [-0.05, 0) is 44.4 Å². The standard InChI is InChI=1S/C15H24N2.ClH/c1-11-6-5-7-12(2)15(11)10-17-8-13(3)16-14(4)9-17;/h5-7,13-14,16H,8-10H2,1-4H3;1H. The van der Waals surface area contributed by atoms with Crippen molar-refractivity contribution in [1.82, 2.24) is 10.2 Å². The molecule has 2 atom stereocenters. The van der Waals surface area contributed by atoms with Crippen LogP contribution in [0.1, 0.15) is 30.5 Å². The first-order chi connectivity index (χ1) is 8.06. The lowest BCUT2D eigenvalue weighted by atomic mass is 10.0. The van der Waals surface area contributed by atoms with Crippen molar-refractivity contribution in [2.75, 3.05) is 13.1 Å². The molecule has 0 amide bonds. The molecule has 1 heterocycles. The molecule has 1 fully saturated rings. The highest BCUT2D eigenvalue weighted by Crippen LogP contribution is 2.17. The maximum absolute atomic E-state index is 3.58. The maximum Gasteiger partial charge on any atom is 0.0240 e. The molecule has 0 saturated carbocycles. The zero-order valence-electron chi connectivity index (χ0n) is 11.9. The Hall–Kier alpha value is -0.570. The third-order valence-corrected chi connectivity index (χ3v) is 3.66. The molecule has 0 radical (unpaired) electrons. The number of nitrogens with one attached hydrogen (secondary N) is 1. The summed E-state index contributed by atoms with van der Waals surface area (Å²) in [7, 11) is 0. The fourth-order valence-corrected chi connectivity index (χ4v) is 2.89. The van der Waals surface area contributed by atoms with Crippen LogP contribution in [0.25, 0.3) is 0 Å². The molecule has 0 spiro atoms. The Kier molecular flexibility index (Phi) is 5.64. The number of nitrogens with zero attached hydrogens (tertiary/aromatic N) is 1. The number of hydrogen-bond acceptors (Lipinski definition) is 2. The summed E-state index contributed by atoms with van der Waals surface area (Å²) >= 11 is 0. The highest BCUT2D eigenvalue weighted by molar-refractivity contribution is 5.85. The molecular formula is C15H25ClN2. The third kappa shape index (κ3) is 3.71. The number of piperazine rings is 1. The maximum atomic E-state index is 3.58. The minimum Gasteiger partial charge on any atom is -0.309 e. The SMILES string of the molecule is Cc1cccc(C)c1CN1CC(C)NC(C)C1.Cl. The summed E-state index contributed by atoms with van der Waals surface area (Å²) in [5.41, 5.74) is 4.35. The van der Waals surface area contributed by atoms with Crippen molar-refractivity contribution in [3.63, 3.8) is 0 Å². The van der Waals surface area contributed by atoms with Crippen molar-refractivity contribution in [1.29, 1.82) is 0 Å². The largest absolute Gasteiger partial charge is 0.309 e. The summed E-state index contributed by atoms with van der Waals surface area (Å²) in [6.45, 7) is 12.4. The van der Waals surface area contributed by atoms with Gasteiger partial charge < -0.3 is 5.32 Å². The Labute approximate surface area is 117 Å². The highest BCUT2D eigenvalue weighted by Gasteiger charge is 2.21. The lowest BCUT2D eigenvalue weighted by Crippen LogP contribution is -2.53. The van der Waals surface area contributed by atoms with Crippen molar-refractivity contribution in [3.8, 4) is 0 Å². The molecule has 1 aromatic carbocycles. The van der Waals surface area contributed by atoms with Crippen LogP contribution in [0, 0.1) is 13.8 Å². The van der Waals surface area contributed by atoms with Crippen LogP contribution in [0.5, 0.6) is 0 Å². The first kappa shape index (κ1) is 15.5. The van der Waals surface area contributed by atoms with Crippen molar-refractivity contribution >= 4 is 12.4 Å². The second-order valence-electron chi connectivity index (χ2n) is 5.53. The normalized spacial score (nSPS) is 24.7. The predicted octanol–water partition coefficient (Wildman–Crippen LogP) is 2.91. The fourth-order valence-electron chi connectivity index (χ4n) is 2.89. The molecule has 1 aromatic rings. The number of aryl methyl sites for hydroxylation is 2. The van der Waals surface area contributed by atoms with Gasteiger partial charge in [0.1, 0.15) is 0 Å². The summed E-state index contributed by atoms with van der Waals surface area (Å²) < 4.78 is 0. The molecule has 102 valence electrons. The monoisotopic (exact) mass is 268 g/mol. The van der Waals surface area contributed by atoms with E-state index in [0.29, 0.717) is 12.1 Å². The Bertz CT molecular complexity index is 362. The zero-order chi connectivity index (χ0) is 12.4. The van der Waals surface area contributed by atoms with Crippen molar-refractivity contribution in [2.24, 2.45) is 0 Å². The fraction of sp³-hybridized carbons (Fsp3) is 0.600.